The van der Waals surface area contributed by atoms with Crippen molar-refractivity contribution >= 4 is 17.7 Å². The van der Waals surface area contributed by atoms with Crippen LogP contribution in [0.3, 0.4) is 0 Å². The summed E-state index contributed by atoms with van der Waals surface area (Å²) in [4.78, 5) is 33.8. The van der Waals surface area contributed by atoms with E-state index in [1.807, 2.05) is 9.47 Å². The first kappa shape index (κ1) is 21.4. The second kappa shape index (κ2) is 9.92. The molecule has 0 aromatic carbocycles. The van der Waals surface area contributed by atoms with Crippen LogP contribution >= 0.6 is 11.8 Å². The summed E-state index contributed by atoms with van der Waals surface area (Å²) in [5.41, 5.74) is 2.22. The molecule has 0 N–H and O–H groups in total. The van der Waals surface area contributed by atoms with Crippen molar-refractivity contribution in [2.75, 3.05) is 39.5 Å². The summed E-state index contributed by atoms with van der Waals surface area (Å²) in [6.45, 7) is 5.66. The molecule has 7 heteroatoms. The van der Waals surface area contributed by atoms with E-state index in [4.69, 9.17) is 0 Å². The van der Waals surface area contributed by atoms with Gasteiger partial charge in [0.15, 0.2) is 0 Å². The van der Waals surface area contributed by atoms with Crippen LogP contribution in [0, 0.1) is 5.92 Å². The van der Waals surface area contributed by atoms with Gasteiger partial charge in [0.2, 0.25) is 5.91 Å². The van der Waals surface area contributed by atoms with Crippen molar-refractivity contribution in [2.24, 2.45) is 5.92 Å². The van der Waals surface area contributed by atoms with E-state index in [2.05, 4.69) is 30.9 Å². The zero-order valence-corrected chi connectivity index (χ0v) is 18.4. The summed E-state index contributed by atoms with van der Waals surface area (Å²) in [7, 11) is 4.10. The van der Waals surface area contributed by atoms with Crippen LogP contribution in [-0.2, 0) is 24.2 Å². The number of amides is 1. The molecule has 0 bridgehead atoms. The molecule has 0 spiro atoms. The van der Waals surface area contributed by atoms with Crippen LogP contribution in [-0.4, -0.2) is 64.7 Å². The number of aromatic nitrogens is 2. The molecule has 0 saturated carbocycles. The first-order valence-corrected chi connectivity index (χ1v) is 11.6. The third-order valence-corrected chi connectivity index (χ3v) is 6.91. The minimum absolute atomic E-state index is 0.152. The molecule has 1 aliphatic carbocycles. The number of hydrogen-bond acceptors (Lipinski definition) is 5. The summed E-state index contributed by atoms with van der Waals surface area (Å²) < 4.78 is 1.88. The van der Waals surface area contributed by atoms with Crippen molar-refractivity contribution < 1.29 is 4.79 Å². The van der Waals surface area contributed by atoms with Crippen molar-refractivity contribution in [3.8, 4) is 0 Å². The molecule has 3 rings (SSSR count). The van der Waals surface area contributed by atoms with Crippen LogP contribution in [0.5, 0.6) is 0 Å². The highest BCUT2D eigenvalue weighted by Gasteiger charge is 2.23. The smallest absolute Gasteiger partial charge is 0.342 e. The summed E-state index contributed by atoms with van der Waals surface area (Å²) in [6, 6.07) is 0. The molecular weight excluding hydrogens is 372 g/mol. The minimum Gasteiger partial charge on any atom is -0.342 e. The molecule has 1 aromatic rings. The van der Waals surface area contributed by atoms with E-state index in [1.54, 1.807) is 0 Å². The van der Waals surface area contributed by atoms with Crippen LogP contribution in [0.15, 0.2) is 9.82 Å². The van der Waals surface area contributed by atoms with Crippen molar-refractivity contribution in [1.82, 2.24) is 19.4 Å². The average molecular weight is 407 g/mol. The van der Waals surface area contributed by atoms with Gasteiger partial charge in [0.25, 0.3) is 0 Å². The van der Waals surface area contributed by atoms with E-state index < -0.39 is 0 Å². The molecule has 1 saturated heterocycles. The molecule has 1 fully saturated rings. The summed E-state index contributed by atoms with van der Waals surface area (Å²) in [5, 5.41) is 0.794. The fraction of sp³-hybridized carbons (Fsp3) is 0.762. The maximum absolute atomic E-state index is 12.7. The SMILES string of the molecule is CC1CCN(C(=O)CSc2nc(=O)n(CCCN(C)C)c3c2CCCC3)CC1. The van der Waals surface area contributed by atoms with E-state index in [-0.39, 0.29) is 11.6 Å². The van der Waals surface area contributed by atoms with Crippen LogP contribution in [0.1, 0.15) is 50.3 Å². The van der Waals surface area contributed by atoms with Gasteiger partial charge < -0.3 is 9.80 Å². The summed E-state index contributed by atoms with van der Waals surface area (Å²) in [5.74, 6) is 1.28. The number of nitrogens with zero attached hydrogens (tertiary/aromatic N) is 4. The van der Waals surface area contributed by atoms with Gasteiger partial charge in [0, 0.05) is 30.9 Å². The number of fused-ring (bicyclic) bond motifs is 1. The van der Waals surface area contributed by atoms with Gasteiger partial charge in [-0.1, -0.05) is 18.7 Å². The lowest BCUT2D eigenvalue weighted by molar-refractivity contribution is -0.129. The molecule has 0 unspecified atom stereocenters. The lowest BCUT2D eigenvalue weighted by Gasteiger charge is -2.30. The second-order valence-corrected chi connectivity index (χ2v) is 9.46. The number of rotatable bonds is 7. The van der Waals surface area contributed by atoms with E-state index in [1.165, 1.54) is 17.3 Å². The van der Waals surface area contributed by atoms with Crippen molar-refractivity contribution in [1.29, 1.82) is 0 Å². The summed E-state index contributed by atoms with van der Waals surface area (Å²) >= 11 is 1.47. The standard InChI is InChI=1S/C21H34N4O2S/c1-16-9-13-24(14-10-16)19(26)15-28-20-17-7-4-5-8-18(17)25(21(27)22-20)12-6-11-23(2)3/h16H,4-15H2,1-3H3. The van der Waals surface area contributed by atoms with Gasteiger partial charge in [0.1, 0.15) is 5.03 Å². The van der Waals surface area contributed by atoms with Gasteiger partial charge in [-0.15, -0.1) is 0 Å². The van der Waals surface area contributed by atoms with Crippen molar-refractivity contribution in [3.05, 3.63) is 21.7 Å². The van der Waals surface area contributed by atoms with E-state index in [0.29, 0.717) is 11.7 Å². The van der Waals surface area contributed by atoms with Crippen LogP contribution in [0.4, 0.5) is 0 Å². The predicted octanol–water partition coefficient (Wildman–Crippen LogP) is 2.42. The monoisotopic (exact) mass is 406 g/mol. The lowest BCUT2D eigenvalue weighted by Crippen LogP contribution is -2.39. The number of carbonyl (C=O) groups is 1. The molecular formula is C21H34N4O2S. The molecule has 156 valence electrons. The van der Waals surface area contributed by atoms with Gasteiger partial charge in [-0.25, -0.2) is 4.79 Å². The zero-order valence-electron chi connectivity index (χ0n) is 17.6. The number of hydrogen-bond donors (Lipinski definition) is 0. The fourth-order valence-corrected chi connectivity index (χ4v) is 5.10. The van der Waals surface area contributed by atoms with E-state index >= 15 is 0 Å². The Kier molecular flexibility index (Phi) is 7.57. The van der Waals surface area contributed by atoms with Gasteiger partial charge >= 0.3 is 5.69 Å². The maximum Gasteiger partial charge on any atom is 0.348 e. The number of piperidine rings is 1. The molecule has 1 amide bonds. The number of thioether (sulfide) groups is 1. The maximum atomic E-state index is 12.7. The quantitative estimate of drug-likeness (QED) is 0.514. The van der Waals surface area contributed by atoms with Crippen molar-refractivity contribution in [2.45, 2.75) is 63.4 Å². The Bertz CT molecular complexity index is 739. The van der Waals surface area contributed by atoms with Gasteiger partial charge in [-0.2, -0.15) is 4.98 Å². The molecule has 2 aliphatic rings. The Balaban J connectivity index is 1.70. The lowest BCUT2D eigenvalue weighted by atomic mass is 9.97. The van der Waals surface area contributed by atoms with Crippen LogP contribution < -0.4 is 5.69 Å². The largest absolute Gasteiger partial charge is 0.348 e. The zero-order chi connectivity index (χ0) is 20.1. The first-order valence-electron chi connectivity index (χ1n) is 10.6. The van der Waals surface area contributed by atoms with Crippen LogP contribution in [0.25, 0.3) is 0 Å². The normalized spacial score (nSPS) is 17.8. The Labute approximate surface area is 172 Å². The van der Waals surface area contributed by atoms with E-state index in [9.17, 15) is 9.59 Å². The molecule has 1 aliphatic heterocycles. The molecule has 1 aromatic heterocycles. The highest BCUT2D eigenvalue weighted by molar-refractivity contribution is 7.99. The van der Waals surface area contributed by atoms with Gasteiger partial charge in [-0.3, -0.25) is 9.36 Å². The highest BCUT2D eigenvalue weighted by atomic mass is 32.2. The molecule has 6 nitrogen and oxygen atoms in total. The Hall–Kier alpha value is -1.34. The average Bonchev–Trinajstić information content (AvgIpc) is 2.68. The Morgan fingerprint density at radius 3 is 2.64 bits per heavy atom. The number of likely N-dealkylation sites (tertiary alicyclic amines) is 1. The first-order chi connectivity index (χ1) is 13.5. The van der Waals surface area contributed by atoms with Gasteiger partial charge in [-0.05, 0) is 71.5 Å². The Morgan fingerprint density at radius 1 is 1.21 bits per heavy atom. The molecule has 0 radical (unpaired) electrons. The third-order valence-electron chi connectivity index (χ3n) is 5.91. The minimum atomic E-state index is -0.152. The third kappa shape index (κ3) is 5.38. The molecule has 2 heterocycles. The van der Waals surface area contributed by atoms with Crippen LogP contribution in [0.2, 0.25) is 0 Å². The molecule has 28 heavy (non-hydrogen) atoms. The van der Waals surface area contributed by atoms with Crippen molar-refractivity contribution in [3.63, 3.8) is 0 Å². The van der Waals surface area contributed by atoms with E-state index in [0.717, 1.165) is 81.8 Å². The fourth-order valence-electron chi connectivity index (χ4n) is 4.12. The van der Waals surface area contributed by atoms with Gasteiger partial charge in [0.05, 0.1) is 5.75 Å². The molecule has 0 atom stereocenters. The Morgan fingerprint density at radius 2 is 1.93 bits per heavy atom. The second-order valence-electron chi connectivity index (χ2n) is 8.49. The summed E-state index contributed by atoms with van der Waals surface area (Å²) in [6.07, 6.45) is 7.29. The topological polar surface area (TPSA) is 58.4 Å². The number of carbonyl (C=O) groups excluding carboxylic acids is 1. The highest BCUT2D eigenvalue weighted by Crippen LogP contribution is 2.29. The predicted molar refractivity (Wildman–Crippen MR) is 114 cm³/mol.